The van der Waals surface area contributed by atoms with E-state index in [1.54, 1.807) is 21.5 Å². The molecule has 0 amide bonds. The van der Waals surface area contributed by atoms with Crippen molar-refractivity contribution in [3.05, 3.63) is 58.5 Å². The highest BCUT2D eigenvalue weighted by molar-refractivity contribution is 5.60. The summed E-state index contributed by atoms with van der Waals surface area (Å²) in [5.41, 5.74) is 3.53. The number of aryl methyl sites for hydroxylation is 2. The molecule has 0 spiro atoms. The van der Waals surface area contributed by atoms with E-state index < -0.39 is 4.92 Å². The Morgan fingerprint density at radius 1 is 1.14 bits per heavy atom. The zero-order valence-corrected chi connectivity index (χ0v) is 11.6. The molecule has 0 atom stereocenters. The van der Waals surface area contributed by atoms with Gasteiger partial charge in [-0.2, -0.15) is 10.2 Å². The van der Waals surface area contributed by atoms with Crippen LogP contribution < -0.4 is 0 Å². The number of hydrogen-bond donors (Lipinski definition) is 0. The highest BCUT2D eigenvalue weighted by Crippen LogP contribution is 2.22. The Morgan fingerprint density at radius 3 is 2.43 bits per heavy atom. The van der Waals surface area contributed by atoms with E-state index in [1.165, 1.54) is 12.1 Å². The fraction of sp³-hybridized carbons (Fsp3) is 0.143. The minimum absolute atomic E-state index is 0.0641. The van der Waals surface area contributed by atoms with Gasteiger partial charge in [0.25, 0.3) is 5.69 Å². The van der Waals surface area contributed by atoms with Crippen LogP contribution in [0.3, 0.4) is 0 Å². The standard InChI is InChI=1S/C14H13N5O2/c1-10-13(9-17(2)15-10)14-7-8-18(16-14)11-3-5-12(6-4-11)19(20)21/h3-9H,1-2H3. The average molecular weight is 283 g/mol. The molecule has 106 valence electrons. The number of hydrogen-bond acceptors (Lipinski definition) is 4. The van der Waals surface area contributed by atoms with E-state index >= 15 is 0 Å². The van der Waals surface area contributed by atoms with Gasteiger partial charge in [-0.3, -0.25) is 14.8 Å². The first-order chi connectivity index (χ1) is 10.0. The molecule has 0 radical (unpaired) electrons. The smallest absolute Gasteiger partial charge is 0.269 e. The quantitative estimate of drug-likeness (QED) is 0.546. The van der Waals surface area contributed by atoms with Gasteiger partial charge in [0.05, 0.1) is 22.0 Å². The second-order valence-corrected chi connectivity index (χ2v) is 4.72. The van der Waals surface area contributed by atoms with Crippen molar-refractivity contribution >= 4 is 5.69 Å². The lowest BCUT2D eigenvalue weighted by Gasteiger charge is -2.00. The van der Waals surface area contributed by atoms with Gasteiger partial charge >= 0.3 is 0 Å². The second kappa shape index (κ2) is 4.86. The molecule has 2 heterocycles. The largest absolute Gasteiger partial charge is 0.275 e. The maximum absolute atomic E-state index is 10.7. The number of non-ortho nitro benzene ring substituents is 1. The van der Waals surface area contributed by atoms with Crippen LogP contribution in [0.15, 0.2) is 42.7 Å². The molecule has 0 unspecified atom stereocenters. The van der Waals surface area contributed by atoms with Gasteiger partial charge in [-0.05, 0) is 25.1 Å². The maximum Gasteiger partial charge on any atom is 0.269 e. The fourth-order valence-electron chi connectivity index (χ4n) is 2.19. The zero-order chi connectivity index (χ0) is 15.0. The highest BCUT2D eigenvalue weighted by atomic mass is 16.6. The van der Waals surface area contributed by atoms with Gasteiger partial charge in [0, 0.05) is 37.1 Å². The second-order valence-electron chi connectivity index (χ2n) is 4.72. The van der Waals surface area contributed by atoms with Crippen molar-refractivity contribution in [1.82, 2.24) is 19.6 Å². The first-order valence-electron chi connectivity index (χ1n) is 6.36. The van der Waals surface area contributed by atoms with Gasteiger partial charge in [-0.1, -0.05) is 0 Å². The summed E-state index contributed by atoms with van der Waals surface area (Å²) in [6, 6.07) is 8.17. The lowest BCUT2D eigenvalue weighted by atomic mass is 10.2. The van der Waals surface area contributed by atoms with Crippen LogP contribution in [-0.4, -0.2) is 24.5 Å². The van der Waals surface area contributed by atoms with Crippen LogP contribution in [0.5, 0.6) is 0 Å². The van der Waals surface area contributed by atoms with E-state index in [0.29, 0.717) is 0 Å². The molecule has 0 saturated heterocycles. The minimum Gasteiger partial charge on any atom is -0.275 e. The van der Waals surface area contributed by atoms with Crippen LogP contribution in [0.25, 0.3) is 16.9 Å². The van der Waals surface area contributed by atoms with Gasteiger partial charge in [0.2, 0.25) is 0 Å². The van der Waals surface area contributed by atoms with Crippen LogP contribution in [0.4, 0.5) is 5.69 Å². The topological polar surface area (TPSA) is 78.8 Å². The molecular weight excluding hydrogens is 270 g/mol. The SMILES string of the molecule is Cc1nn(C)cc1-c1ccn(-c2ccc([N+](=O)[O-])cc2)n1. The van der Waals surface area contributed by atoms with Crippen molar-refractivity contribution in [2.24, 2.45) is 7.05 Å². The molecule has 21 heavy (non-hydrogen) atoms. The van der Waals surface area contributed by atoms with E-state index in [0.717, 1.165) is 22.6 Å². The fourth-order valence-corrected chi connectivity index (χ4v) is 2.19. The summed E-state index contributed by atoms with van der Waals surface area (Å²) in [5, 5.41) is 19.4. The predicted octanol–water partition coefficient (Wildman–Crippen LogP) is 2.49. The van der Waals surface area contributed by atoms with Crippen LogP contribution in [0, 0.1) is 17.0 Å². The first kappa shape index (κ1) is 13.0. The molecule has 0 aliphatic carbocycles. The van der Waals surface area contributed by atoms with E-state index in [1.807, 2.05) is 32.4 Å². The summed E-state index contributed by atoms with van der Waals surface area (Å²) < 4.78 is 3.43. The summed E-state index contributed by atoms with van der Waals surface area (Å²) in [5.74, 6) is 0. The maximum atomic E-state index is 10.7. The Balaban J connectivity index is 1.94. The van der Waals surface area contributed by atoms with Gasteiger partial charge in [-0.25, -0.2) is 4.68 Å². The van der Waals surface area contributed by atoms with Crippen LogP contribution in [0.1, 0.15) is 5.69 Å². The molecule has 0 aliphatic heterocycles. The Bertz CT molecular complexity index is 801. The molecular formula is C14H13N5O2. The van der Waals surface area contributed by atoms with Crippen LogP contribution in [0.2, 0.25) is 0 Å². The molecule has 2 aromatic heterocycles. The third-order valence-corrected chi connectivity index (χ3v) is 3.20. The van der Waals surface area contributed by atoms with E-state index in [4.69, 9.17) is 0 Å². The third kappa shape index (κ3) is 2.40. The molecule has 7 heteroatoms. The van der Waals surface area contributed by atoms with Crippen molar-refractivity contribution < 1.29 is 4.92 Å². The van der Waals surface area contributed by atoms with Crippen molar-refractivity contribution in [2.45, 2.75) is 6.92 Å². The Kier molecular flexibility index (Phi) is 3.02. The lowest BCUT2D eigenvalue weighted by Crippen LogP contribution is -1.95. The normalized spacial score (nSPS) is 10.8. The molecule has 1 aromatic carbocycles. The van der Waals surface area contributed by atoms with Crippen molar-refractivity contribution in [1.29, 1.82) is 0 Å². The van der Waals surface area contributed by atoms with E-state index in [2.05, 4.69) is 10.2 Å². The highest BCUT2D eigenvalue weighted by Gasteiger charge is 2.10. The third-order valence-electron chi connectivity index (χ3n) is 3.20. The summed E-state index contributed by atoms with van der Waals surface area (Å²) >= 11 is 0. The number of benzene rings is 1. The van der Waals surface area contributed by atoms with Crippen molar-refractivity contribution in [3.8, 4) is 16.9 Å². The van der Waals surface area contributed by atoms with Crippen LogP contribution in [-0.2, 0) is 7.05 Å². The Labute approximate surface area is 120 Å². The molecule has 7 nitrogen and oxygen atoms in total. The molecule has 0 N–H and O–H groups in total. The first-order valence-corrected chi connectivity index (χ1v) is 6.36. The number of nitrogens with zero attached hydrogens (tertiary/aromatic N) is 5. The summed E-state index contributed by atoms with van der Waals surface area (Å²) in [7, 11) is 1.86. The Hall–Kier alpha value is -2.96. The molecule has 0 aliphatic rings. The predicted molar refractivity (Wildman–Crippen MR) is 77.2 cm³/mol. The summed E-state index contributed by atoms with van der Waals surface area (Å²) in [4.78, 5) is 10.2. The van der Waals surface area contributed by atoms with E-state index in [9.17, 15) is 10.1 Å². The van der Waals surface area contributed by atoms with Crippen LogP contribution >= 0.6 is 0 Å². The number of nitro benzene ring substituents is 1. The lowest BCUT2D eigenvalue weighted by molar-refractivity contribution is -0.384. The zero-order valence-electron chi connectivity index (χ0n) is 11.6. The molecule has 3 rings (SSSR count). The van der Waals surface area contributed by atoms with Gasteiger partial charge < -0.3 is 0 Å². The molecule has 3 aromatic rings. The van der Waals surface area contributed by atoms with Gasteiger partial charge in [0.15, 0.2) is 0 Å². The summed E-state index contributed by atoms with van der Waals surface area (Å²) in [6.45, 7) is 1.93. The van der Waals surface area contributed by atoms with Crippen molar-refractivity contribution in [3.63, 3.8) is 0 Å². The van der Waals surface area contributed by atoms with Gasteiger partial charge in [0.1, 0.15) is 0 Å². The minimum atomic E-state index is -0.419. The monoisotopic (exact) mass is 283 g/mol. The Morgan fingerprint density at radius 2 is 1.86 bits per heavy atom. The number of rotatable bonds is 3. The van der Waals surface area contributed by atoms with Gasteiger partial charge in [-0.15, -0.1) is 0 Å². The summed E-state index contributed by atoms with van der Waals surface area (Å²) in [6.07, 6.45) is 3.74. The molecule has 0 bridgehead atoms. The van der Waals surface area contributed by atoms with Crippen molar-refractivity contribution in [2.75, 3.05) is 0 Å². The van der Waals surface area contributed by atoms with E-state index in [-0.39, 0.29) is 5.69 Å². The molecule has 0 saturated carbocycles. The number of aromatic nitrogens is 4. The molecule has 0 fully saturated rings. The number of nitro groups is 1. The average Bonchev–Trinajstić information content (AvgIpc) is 3.05.